The van der Waals surface area contributed by atoms with Crippen LogP contribution in [0.1, 0.15) is 23.0 Å². The Bertz CT molecular complexity index is 884. The van der Waals surface area contributed by atoms with Crippen LogP contribution >= 0.6 is 0 Å². The van der Waals surface area contributed by atoms with Crippen molar-refractivity contribution in [2.24, 2.45) is 0 Å². The molecule has 1 aromatic carbocycles. The van der Waals surface area contributed by atoms with Crippen LogP contribution in [0, 0.1) is 0 Å². The maximum atomic E-state index is 13.1. The van der Waals surface area contributed by atoms with Gasteiger partial charge in [-0.3, -0.25) is 9.48 Å². The lowest BCUT2D eigenvalue weighted by atomic mass is 10.2. The molecule has 9 heteroatoms. The summed E-state index contributed by atoms with van der Waals surface area (Å²) in [7, 11) is 0. The Morgan fingerprint density at radius 3 is 2.76 bits per heavy atom. The van der Waals surface area contributed by atoms with Crippen molar-refractivity contribution in [2.75, 3.05) is 5.32 Å². The number of halogens is 3. The number of nitrogens with zero attached hydrogens (tertiary/aromatic N) is 4. The highest BCUT2D eigenvalue weighted by Gasteiger charge is 2.39. The Hall–Kier alpha value is -3.10. The van der Waals surface area contributed by atoms with Crippen LogP contribution in [-0.4, -0.2) is 25.2 Å². The zero-order valence-electron chi connectivity index (χ0n) is 13.2. The fourth-order valence-corrected chi connectivity index (χ4v) is 2.31. The third-order valence-electron chi connectivity index (χ3n) is 3.51. The first-order valence-electron chi connectivity index (χ1n) is 7.43. The highest BCUT2D eigenvalue weighted by molar-refractivity contribution is 6.05. The van der Waals surface area contributed by atoms with E-state index in [2.05, 4.69) is 15.4 Å². The molecule has 0 saturated heterocycles. The lowest BCUT2D eigenvalue weighted by molar-refractivity contribution is -0.141. The summed E-state index contributed by atoms with van der Waals surface area (Å²) in [4.78, 5) is 16.3. The quantitative estimate of drug-likeness (QED) is 0.785. The molecular weight excluding hydrogens is 335 g/mol. The molecule has 0 aliphatic rings. The summed E-state index contributed by atoms with van der Waals surface area (Å²) >= 11 is 0. The topological polar surface area (TPSA) is 64.7 Å². The highest BCUT2D eigenvalue weighted by atomic mass is 19.4. The molecule has 2 aromatic heterocycles. The van der Waals surface area contributed by atoms with Gasteiger partial charge in [0.15, 0.2) is 5.69 Å². The maximum absolute atomic E-state index is 13.1. The van der Waals surface area contributed by atoms with Crippen molar-refractivity contribution < 1.29 is 18.0 Å². The van der Waals surface area contributed by atoms with Crippen LogP contribution in [-0.2, 0) is 12.7 Å². The number of anilines is 1. The van der Waals surface area contributed by atoms with E-state index in [1.165, 1.54) is 0 Å². The van der Waals surface area contributed by atoms with Gasteiger partial charge >= 0.3 is 6.18 Å². The minimum atomic E-state index is -4.70. The number of carbonyl (C=O) groups excluding carboxylic acids is 1. The lowest BCUT2D eigenvalue weighted by Gasteiger charge is -2.09. The molecule has 6 nitrogen and oxygen atoms in total. The summed E-state index contributed by atoms with van der Waals surface area (Å²) in [6.45, 7) is 1.87. The van der Waals surface area contributed by atoms with Crippen LogP contribution in [0.3, 0.4) is 0 Å². The number of benzene rings is 1. The molecule has 0 fully saturated rings. The van der Waals surface area contributed by atoms with E-state index in [1.54, 1.807) is 54.5 Å². The molecule has 3 rings (SSSR count). The second-order valence-electron chi connectivity index (χ2n) is 5.22. The van der Waals surface area contributed by atoms with Gasteiger partial charge in [0.25, 0.3) is 5.91 Å². The maximum Gasteiger partial charge on any atom is 0.435 e. The van der Waals surface area contributed by atoms with E-state index in [-0.39, 0.29) is 6.54 Å². The Morgan fingerprint density at radius 2 is 2.12 bits per heavy atom. The third-order valence-corrected chi connectivity index (χ3v) is 3.51. The van der Waals surface area contributed by atoms with Crippen LogP contribution in [0.25, 0.3) is 5.69 Å². The molecular formula is C16H14F3N5O. The van der Waals surface area contributed by atoms with E-state index in [9.17, 15) is 18.0 Å². The normalized spacial score (nSPS) is 11.5. The van der Waals surface area contributed by atoms with Crippen molar-refractivity contribution >= 4 is 11.6 Å². The van der Waals surface area contributed by atoms with E-state index >= 15 is 0 Å². The fourth-order valence-electron chi connectivity index (χ4n) is 2.31. The van der Waals surface area contributed by atoms with Gasteiger partial charge in [0, 0.05) is 36.5 Å². The molecule has 0 radical (unpaired) electrons. The van der Waals surface area contributed by atoms with Gasteiger partial charge in [-0.15, -0.1) is 0 Å². The van der Waals surface area contributed by atoms with Gasteiger partial charge in [-0.2, -0.15) is 18.3 Å². The summed E-state index contributed by atoms with van der Waals surface area (Å²) in [5, 5.41) is 5.92. The predicted octanol–water partition coefficient (Wildman–Crippen LogP) is 3.36. The monoisotopic (exact) mass is 349 g/mol. The van der Waals surface area contributed by atoms with Crippen LogP contribution in [0.2, 0.25) is 0 Å². The van der Waals surface area contributed by atoms with Crippen molar-refractivity contribution in [3.05, 3.63) is 60.4 Å². The van der Waals surface area contributed by atoms with Gasteiger partial charge < -0.3 is 9.88 Å². The van der Waals surface area contributed by atoms with Gasteiger partial charge in [-0.05, 0) is 25.1 Å². The number of imidazole rings is 1. The number of hydrogen-bond acceptors (Lipinski definition) is 3. The van der Waals surface area contributed by atoms with E-state index < -0.39 is 23.3 Å². The SMILES string of the molecule is CCn1cc(C(=O)Nc2cccc(-n3ccnc3)c2)c(C(F)(F)F)n1. The Morgan fingerprint density at radius 1 is 1.32 bits per heavy atom. The van der Waals surface area contributed by atoms with Crippen LogP contribution in [0.4, 0.5) is 18.9 Å². The molecule has 0 saturated carbocycles. The number of nitrogens with one attached hydrogen (secondary N) is 1. The van der Waals surface area contributed by atoms with Crippen LogP contribution in [0.5, 0.6) is 0 Å². The summed E-state index contributed by atoms with van der Waals surface area (Å²) in [5.74, 6) is -0.866. The van der Waals surface area contributed by atoms with Crippen LogP contribution in [0.15, 0.2) is 49.2 Å². The van der Waals surface area contributed by atoms with Gasteiger partial charge in [0.2, 0.25) is 0 Å². The Kier molecular flexibility index (Phi) is 4.30. The van der Waals surface area contributed by atoms with Gasteiger partial charge in [-0.25, -0.2) is 4.98 Å². The van der Waals surface area contributed by atoms with Crippen LogP contribution < -0.4 is 5.32 Å². The molecule has 25 heavy (non-hydrogen) atoms. The number of alkyl halides is 3. The van der Waals surface area contributed by atoms with E-state index in [0.717, 1.165) is 16.6 Å². The Labute approximate surface area is 140 Å². The molecule has 0 unspecified atom stereocenters. The lowest BCUT2D eigenvalue weighted by Crippen LogP contribution is -2.17. The summed E-state index contributed by atoms with van der Waals surface area (Å²) in [5.41, 5.74) is -0.621. The average molecular weight is 349 g/mol. The number of hydrogen-bond donors (Lipinski definition) is 1. The first-order valence-corrected chi connectivity index (χ1v) is 7.43. The third kappa shape index (κ3) is 3.54. The zero-order chi connectivity index (χ0) is 18.0. The Balaban J connectivity index is 1.88. The summed E-state index contributed by atoms with van der Waals surface area (Å²) < 4.78 is 42.0. The number of rotatable bonds is 4. The zero-order valence-corrected chi connectivity index (χ0v) is 13.2. The molecule has 0 bridgehead atoms. The molecule has 3 aromatic rings. The van der Waals surface area contributed by atoms with Crippen molar-refractivity contribution in [3.63, 3.8) is 0 Å². The number of carbonyl (C=O) groups is 1. The predicted molar refractivity (Wildman–Crippen MR) is 84.4 cm³/mol. The highest BCUT2D eigenvalue weighted by Crippen LogP contribution is 2.31. The molecule has 130 valence electrons. The molecule has 1 N–H and O–H groups in total. The molecule has 0 aliphatic carbocycles. The molecule has 2 heterocycles. The van der Waals surface area contributed by atoms with Gasteiger partial charge in [0.05, 0.1) is 11.9 Å². The minimum Gasteiger partial charge on any atom is -0.322 e. The summed E-state index contributed by atoms with van der Waals surface area (Å²) in [6.07, 6.45) is 1.28. The van der Waals surface area contributed by atoms with E-state index in [4.69, 9.17) is 0 Å². The number of aromatic nitrogens is 4. The van der Waals surface area contributed by atoms with Crippen molar-refractivity contribution in [3.8, 4) is 5.69 Å². The second kappa shape index (κ2) is 6.42. The van der Waals surface area contributed by atoms with Crippen molar-refractivity contribution in [1.82, 2.24) is 19.3 Å². The van der Waals surface area contributed by atoms with Crippen molar-refractivity contribution in [1.29, 1.82) is 0 Å². The first-order chi connectivity index (χ1) is 11.9. The smallest absolute Gasteiger partial charge is 0.322 e. The van der Waals surface area contributed by atoms with Gasteiger partial charge in [0.1, 0.15) is 0 Å². The summed E-state index contributed by atoms with van der Waals surface area (Å²) in [6, 6.07) is 6.70. The van der Waals surface area contributed by atoms with E-state index in [1.807, 2.05) is 0 Å². The molecule has 0 spiro atoms. The second-order valence-corrected chi connectivity index (χ2v) is 5.22. The van der Waals surface area contributed by atoms with Gasteiger partial charge in [-0.1, -0.05) is 6.07 Å². The standard InChI is InChI=1S/C16H14F3N5O/c1-2-24-9-13(14(22-24)16(17,18)19)15(25)21-11-4-3-5-12(8-11)23-7-6-20-10-23/h3-10H,2H2,1H3,(H,21,25). The average Bonchev–Trinajstić information content (AvgIpc) is 3.24. The van der Waals surface area contributed by atoms with E-state index in [0.29, 0.717) is 5.69 Å². The molecule has 1 amide bonds. The number of aryl methyl sites for hydroxylation is 1. The molecule has 0 aliphatic heterocycles. The number of amides is 1. The molecule has 0 atom stereocenters. The first kappa shape index (κ1) is 16.7. The largest absolute Gasteiger partial charge is 0.435 e. The van der Waals surface area contributed by atoms with Crippen molar-refractivity contribution in [2.45, 2.75) is 19.6 Å². The fraction of sp³-hybridized carbons (Fsp3) is 0.188. The minimum absolute atomic E-state index is 0.229.